The van der Waals surface area contributed by atoms with Gasteiger partial charge in [-0.3, -0.25) is 19.2 Å². The van der Waals surface area contributed by atoms with Crippen LogP contribution in [-0.4, -0.2) is 50.1 Å². The molecule has 5 rings (SSSR count). The molecule has 1 spiro atoms. The number of amides is 2. The molecule has 12 heteroatoms. The summed E-state index contributed by atoms with van der Waals surface area (Å²) in [4.78, 5) is 45.9. The SMILES string of the molecule is CC1CCC2(ONC(C)(Cc3ccc(F)c(Cl)c3F)C2C)C2CN1C(=O)c1c(O)c(=O)c(C(N)=O)cn12. The van der Waals surface area contributed by atoms with E-state index in [4.69, 9.17) is 22.2 Å². The number of aromatic nitrogens is 1. The van der Waals surface area contributed by atoms with Crippen molar-refractivity contribution in [3.63, 3.8) is 0 Å². The molecule has 5 atom stereocenters. The summed E-state index contributed by atoms with van der Waals surface area (Å²) in [6.07, 6.45) is 2.34. The molecule has 4 heterocycles. The largest absolute Gasteiger partial charge is 0.503 e. The van der Waals surface area contributed by atoms with Gasteiger partial charge in [0.1, 0.15) is 27.8 Å². The number of hydrogen-bond acceptors (Lipinski definition) is 6. The molecule has 0 radical (unpaired) electrons. The van der Waals surface area contributed by atoms with Crippen molar-refractivity contribution in [3.8, 4) is 5.75 Å². The van der Waals surface area contributed by atoms with Gasteiger partial charge < -0.3 is 20.3 Å². The van der Waals surface area contributed by atoms with Crippen LogP contribution in [0.25, 0.3) is 0 Å². The van der Waals surface area contributed by atoms with Crippen molar-refractivity contribution in [2.75, 3.05) is 6.54 Å². The van der Waals surface area contributed by atoms with Crippen LogP contribution in [-0.2, 0) is 11.3 Å². The predicted molar refractivity (Wildman–Crippen MR) is 129 cm³/mol. The molecule has 2 amide bonds. The summed E-state index contributed by atoms with van der Waals surface area (Å²) in [7, 11) is 0. The number of benzene rings is 1. The van der Waals surface area contributed by atoms with E-state index in [9.17, 15) is 28.3 Å². The average Bonchev–Trinajstić information content (AvgIpc) is 3.01. The molecule has 1 aromatic carbocycles. The maximum absolute atomic E-state index is 14.8. The number of rotatable bonds is 3. The van der Waals surface area contributed by atoms with Crippen molar-refractivity contribution in [1.82, 2.24) is 14.9 Å². The van der Waals surface area contributed by atoms with Gasteiger partial charge in [0, 0.05) is 24.7 Å². The van der Waals surface area contributed by atoms with E-state index in [-0.39, 0.29) is 36.2 Å². The summed E-state index contributed by atoms with van der Waals surface area (Å²) in [5, 5.41) is 10.1. The number of nitrogens with zero attached hydrogens (tertiary/aromatic N) is 2. The van der Waals surface area contributed by atoms with Gasteiger partial charge in [-0.1, -0.05) is 24.6 Å². The van der Waals surface area contributed by atoms with E-state index in [0.29, 0.717) is 12.8 Å². The predicted octanol–water partition coefficient (Wildman–Crippen LogP) is 2.67. The average molecular weight is 537 g/mol. The highest BCUT2D eigenvalue weighted by Gasteiger charge is 2.61. The number of nitrogens with two attached hydrogens (primary N) is 1. The molecule has 2 saturated heterocycles. The smallest absolute Gasteiger partial charge is 0.274 e. The van der Waals surface area contributed by atoms with Crippen molar-refractivity contribution in [1.29, 1.82) is 0 Å². The Balaban J connectivity index is 1.64. The topological polar surface area (TPSA) is 127 Å². The van der Waals surface area contributed by atoms with Crippen molar-refractivity contribution < 1.29 is 28.3 Å². The lowest BCUT2D eigenvalue weighted by Crippen LogP contribution is -2.55. The molecule has 5 unspecified atom stereocenters. The highest BCUT2D eigenvalue weighted by molar-refractivity contribution is 6.30. The Labute approximate surface area is 216 Å². The Morgan fingerprint density at radius 1 is 1.32 bits per heavy atom. The minimum absolute atomic E-state index is 0.113. The number of aromatic hydroxyl groups is 1. The molecule has 2 bridgehead atoms. The van der Waals surface area contributed by atoms with Gasteiger partial charge in [-0.15, -0.1) is 0 Å². The van der Waals surface area contributed by atoms with Gasteiger partial charge in [0.2, 0.25) is 5.43 Å². The summed E-state index contributed by atoms with van der Waals surface area (Å²) < 4.78 is 30.0. The second-order valence-corrected chi connectivity index (χ2v) is 10.9. The molecule has 37 heavy (non-hydrogen) atoms. The molecule has 3 aliphatic heterocycles. The van der Waals surface area contributed by atoms with E-state index >= 15 is 0 Å². The highest BCUT2D eigenvalue weighted by Crippen LogP contribution is 2.52. The summed E-state index contributed by atoms with van der Waals surface area (Å²) in [6, 6.07) is 1.60. The molecule has 0 aliphatic carbocycles. The molecular formula is C25H27ClF2N4O5. The summed E-state index contributed by atoms with van der Waals surface area (Å²) in [5.74, 6) is -4.44. The van der Waals surface area contributed by atoms with E-state index in [0.717, 1.165) is 6.07 Å². The van der Waals surface area contributed by atoms with Crippen molar-refractivity contribution in [2.24, 2.45) is 11.7 Å². The van der Waals surface area contributed by atoms with E-state index in [1.807, 2.05) is 20.8 Å². The lowest BCUT2D eigenvalue weighted by Gasteiger charge is -2.45. The molecule has 0 saturated carbocycles. The van der Waals surface area contributed by atoms with Crippen LogP contribution < -0.4 is 16.6 Å². The number of primary amides is 1. The van der Waals surface area contributed by atoms with Crippen LogP contribution in [0.2, 0.25) is 5.02 Å². The highest BCUT2D eigenvalue weighted by atomic mass is 35.5. The third kappa shape index (κ3) is 3.58. The zero-order valence-corrected chi connectivity index (χ0v) is 21.2. The number of hydrogen-bond donors (Lipinski definition) is 3. The number of fused-ring (bicyclic) bond motifs is 5. The van der Waals surface area contributed by atoms with Gasteiger partial charge in [0.25, 0.3) is 11.8 Å². The number of carbonyl (C=O) groups is 2. The molecule has 4 N–H and O–H groups in total. The fraction of sp³-hybridized carbons (Fsp3) is 0.480. The minimum Gasteiger partial charge on any atom is -0.503 e. The first-order valence-corrected chi connectivity index (χ1v) is 12.4. The Morgan fingerprint density at radius 2 is 2.03 bits per heavy atom. The minimum atomic E-state index is -1.03. The molecule has 1 aromatic heterocycles. The first kappa shape index (κ1) is 25.6. The number of carbonyl (C=O) groups excluding carboxylic acids is 2. The van der Waals surface area contributed by atoms with E-state index in [2.05, 4.69) is 5.48 Å². The zero-order chi connectivity index (χ0) is 27.0. The van der Waals surface area contributed by atoms with Crippen molar-refractivity contribution in [3.05, 3.63) is 62.0 Å². The molecule has 198 valence electrons. The van der Waals surface area contributed by atoms with E-state index in [1.165, 1.54) is 16.8 Å². The lowest BCUT2D eigenvalue weighted by molar-refractivity contribution is -0.108. The third-order valence-electron chi connectivity index (χ3n) is 8.53. The van der Waals surface area contributed by atoms with Gasteiger partial charge in [0.05, 0.1) is 11.6 Å². The van der Waals surface area contributed by atoms with Gasteiger partial charge in [-0.05, 0) is 44.7 Å². The molecule has 2 fully saturated rings. The Hall–Kier alpha value is -3.02. The van der Waals surface area contributed by atoms with Crippen molar-refractivity contribution >= 4 is 23.4 Å². The maximum atomic E-state index is 14.8. The second kappa shape index (κ2) is 8.50. The molecular weight excluding hydrogens is 510 g/mol. The van der Waals surface area contributed by atoms with Gasteiger partial charge in [0.15, 0.2) is 11.4 Å². The van der Waals surface area contributed by atoms with Gasteiger partial charge in [-0.2, -0.15) is 5.48 Å². The normalized spacial score (nSPS) is 30.9. The van der Waals surface area contributed by atoms with Gasteiger partial charge in [-0.25, -0.2) is 8.78 Å². The van der Waals surface area contributed by atoms with E-state index < -0.39 is 62.4 Å². The van der Waals surface area contributed by atoms with Crippen LogP contribution in [0.3, 0.4) is 0 Å². The molecule has 9 nitrogen and oxygen atoms in total. The Bertz CT molecular complexity index is 1400. The summed E-state index contributed by atoms with van der Waals surface area (Å²) in [5.41, 5.74) is 5.12. The van der Waals surface area contributed by atoms with Crippen LogP contribution in [0.5, 0.6) is 5.75 Å². The first-order chi connectivity index (χ1) is 17.3. The zero-order valence-electron chi connectivity index (χ0n) is 20.5. The van der Waals surface area contributed by atoms with E-state index in [1.54, 1.807) is 4.90 Å². The van der Waals surface area contributed by atoms with Crippen LogP contribution in [0.4, 0.5) is 8.78 Å². The first-order valence-electron chi connectivity index (χ1n) is 12.0. The van der Waals surface area contributed by atoms with Crippen LogP contribution in [0.15, 0.2) is 23.1 Å². The Morgan fingerprint density at radius 3 is 2.70 bits per heavy atom. The molecule has 3 aliphatic rings. The number of nitrogens with one attached hydrogen (secondary N) is 1. The quantitative estimate of drug-likeness (QED) is 0.518. The lowest BCUT2D eigenvalue weighted by atomic mass is 9.69. The third-order valence-corrected chi connectivity index (χ3v) is 8.88. The second-order valence-electron chi connectivity index (χ2n) is 10.5. The number of pyridine rings is 1. The summed E-state index contributed by atoms with van der Waals surface area (Å²) >= 11 is 5.81. The fourth-order valence-corrected chi connectivity index (χ4v) is 6.30. The number of hydroxylamine groups is 1. The standard InChI is InChI=1S/C25H27ClF2N4O5/c1-11-6-7-25(12(2)24(3,30-37-25)8-13-4-5-15(27)17(26)18(13)28)16-10-31(11)23(36)19-21(34)20(33)14(22(29)35)9-32(16)19/h4-5,9,11-12,16,30,34H,6-8,10H2,1-3H3,(H2,29,35). The maximum Gasteiger partial charge on any atom is 0.274 e. The van der Waals surface area contributed by atoms with Crippen LogP contribution >= 0.6 is 11.6 Å². The fourth-order valence-electron chi connectivity index (χ4n) is 6.11. The summed E-state index contributed by atoms with van der Waals surface area (Å²) in [6.45, 7) is 5.84. The number of halogens is 3. The van der Waals surface area contributed by atoms with Gasteiger partial charge >= 0.3 is 0 Å². The Kier molecular flexibility index (Phi) is 5.89. The van der Waals surface area contributed by atoms with Crippen molar-refractivity contribution in [2.45, 2.75) is 63.3 Å². The monoisotopic (exact) mass is 536 g/mol. The van der Waals surface area contributed by atoms with Crippen LogP contribution in [0, 0.1) is 17.6 Å². The molecule has 2 aromatic rings. The van der Waals surface area contributed by atoms with Crippen LogP contribution in [0.1, 0.15) is 66.1 Å².